The Balaban J connectivity index is 1.38. The molecule has 148 valence electrons. The average Bonchev–Trinajstić information content (AvgIpc) is 3.24. The quantitative estimate of drug-likeness (QED) is 0.643. The van der Waals surface area contributed by atoms with Gasteiger partial charge in [-0.1, -0.05) is 11.6 Å². The zero-order chi connectivity index (χ0) is 20.4. The number of carbonyl (C=O) groups excluding carboxylic acids is 2. The summed E-state index contributed by atoms with van der Waals surface area (Å²) in [7, 11) is 0. The van der Waals surface area contributed by atoms with Gasteiger partial charge in [-0.15, -0.1) is 0 Å². The van der Waals surface area contributed by atoms with E-state index < -0.39 is 0 Å². The largest absolute Gasteiger partial charge is 0.451 e. The molecule has 1 aliphatic heterocycles. The minimum atomic E-state index is -0.331. The molecule has 5 nitrogen and oxygen atoms in total. The normalized spacial score (nSPS) is 14.1. The molecule has 0 radical (unpaired) electrons. The number of benzene rings is 2. The lowest BCUT2D eigenvalue weighted by atomic mass is 10.2. The van der Waals surface area contributed by atoms with Crippen molar-refractivity contribution in [2.24, 2.45) is 0 Å². The zero-order valence-electron chi connectivity index (χ0n) is 15.5. The molecule has 2 amide bonds. The fourth-order valence-electron chi connectivity index (χ4n) is 3.27. The number of carbonyl (C=O) groups is 2. The van der Waals surface area contributed by atoms with Crippen molar-refractivity contribution in [3.8, 4) is 11.3 Å². The van der Waals surface area contributed by atoms with Crippen molar-refractivity contribution in [3.63, 3.8) is 0 Å². The second-order valence-electron chi connectivity index (χ2n) is 6.76. The molecule has 0 bridgehead atoms. The van der Waals surface area contributed by atoms with Crippen LogP contribution in [0, 0.1) is 5.82 Å². The highest BCUT2D eigenvalue weighted by Crippen LogP contribution is 2.23. The zero-order valence-corrected chi connectivity index (χ0v) is 16.2. The Bertz CT molecular complexity index is 1020. The van der Waals surface area contributed by atoms with Gasteiger partial charge in [-0.25, -0.2) is 4.39 Å². The SMILES string of the molecule is O=C(c1ccc(Cl)cc1)N1CCN(C(=O)c2ccc(-c3ccc(F)cc3)o2)CC1. The van der Waals surface area contributed by atoms with Crippen LogP contribution in [0.5, 0.6) is 0 Å². The first-order valence-corrected chi connectivity index (χ1v) is 9.59. The fourth-order valence-corrected chi connectivity index (χ4v) is 3.39. The number of amides is 2. The molecule has 2 heterocycles. The highest BCUT2D eigenvalue weighted by atomic mass is 35.5. The maximum Gasteiger partial charge on any atom is 0.289 e. The van der Waals surface area contributed by atoms with Crippen LogP contribution < -0.4 is 0 Å². The van der Waals surface area contributed by atoms with Crippen LogP contribution in [0.25, 0.3) is 11.3 Å². The van der Waals surface area contributed by atoms with E-state index in [0.717, 1.165) is 0 Å². The minimum absolute atomic E-state index is 0.0784. The Morgan fingerprint density at radius 1 is 0.793 bits per heavy atom. The Hall–Kier alpha value is -3.12. The maximum atomic E-state index is 13.1. The van der Waals surface area contributed by atoms with E-state index in [4.69, 9.17) is 16.0 Å². The van der Waals surface area contributed by atoms with Crippen LogP contribution in [0.4, 0.5) is 4.39 Å². The monoisotopic (exact) mass is 412 g/mol. The van der Waals surface area contributed by atoms with Crippen LogP contribution >= 0.6 is 11.6 Å². The van der Waals surface area contributed by atoms with E-state index >= 15 is 0 Å². The van der Waals surface area contributed by atoms with Gasteiger partial charge in [-0.2, -0.15) is 0 Å². The maximum absolute atomic E-state index is 13.1. The lowest BCUT2D eigenvalue weighted by molar-refractivity contribution is 0.0518. The third-order valence-electron chi connectivity index (χ3n) is 4.89. The van der Waals surface area contributed by atoms with Gasteiger partial charge in [0, 0.05) is 42.3 Å². The summed E-state index contributed by atoms with van der Waals surface area (Å²) in [5.74, 6) is 0.0941. The molecule has 7 heteroatoms. The third-order valence-corrected chi connectivity index (χ3v) is 5.14. The molecule has 3 aromatic rings. The van der Waals surface area contributed by atoms with E-state index in [1.165, 1.54) is 12.1 Å². The van der Waals surface area contributed by atoms with Crippen molar-refractivity contribution in [3.05, 3.63) is 82.8 Å². The summed E-state index contributed by atoms with van der Waals surface area (Å²) < 4.78 is 18.7. The molecule has 1 aromatic heterocycles. The topological polar surface area (TPSA) is 53.8 Å². The smallest absolute Gasteiger partial charge is 0.289 e. The van der Waals surface area contributed by atoms with Gasteiger partial charge in [0.25, 0.3) is 11.8 Å². The van der Waals surface area contributed by atoms with Crippen LogP contribution in [0.1, 0.15) is 20.9 Å². The van der Waals surface area contributed by atoms with E-state index in [9.17, 15) is 14.0 Å². The van der Waals surface area contributed by atoms with Gasteiger partial charge in [0.05, 0.1) is 0 Å². The minimum Gasteiger partial charge on any atom is -0.451 e. The number of nitrogens with zero attached hydrogens (tertiary/aromatic N) is 2. The number of rotatable bonds is 3. The van der Waals surface area contributed by atoms with Gasteiger partial charge >= 0.3 is 0 Å². The second kappa shape index (κ2) is 8.09. The lowest BCUT2D eigenvalue weighted by Crippen LogP contribution is -2.50. The number of furan rings is 1. The first-order chi connectivity index (χ1) is 14.0. The van der Waals surface area contributed by atoms with Crippen molar-refractivity contribution >= 4 is 23.4 Å². The molecule has 29 heavy (non-hydrogen) atoms. The van der Waals surface area contributed by atoms with Gasteiger partial charge in [-0.05, 0) is 60.7 Å². The van der Waals surface area contributed by atoms with Gasteiger partial charge in [-0.3, -0.25) is 9.59 Å². The molecular weight excluding hydrogens is 395 g/mol. The summed E-state index contributed by atoms with van der Waals surface area (Å²) in [6, 6.07) is 16.0. The molecule has 0 spiro atoms. The van der Waals surface area contributed by atoms with Crippen molar-refractivity contribution < 1.29 is 18.4 Å². The Labute approximate surface area is 172 Å². The highest BCUT2D eigenvalue weighted by molar-refractivity contribution is 6.30. The first kappa shape index (κ1) is 19.2. The summed E-state index contributed by atoms with van der Waals surface area (Å²) in [5, 5.41) is 0.579. The van der Waals surface area contributed by atoms with E-state index in [-0.39, 0.29) is 23.4 Å². The lowest BCUT2D eigenvalue weighted by Gasteiger charge is -2.34. The molecule has 2 aromatic carbocycles. The van der Waals surface area contributed by atoms with Crippen molar-refractivity contribution in [2.75, 3.05) is 26.2 Å². The van der Waals surface area contributed by atoms with Crippen molar-refractivity contribution in [1.29, 1.82) is 0 Å². The molecule has 0 saturated carbocycles. The van der Waals surface area contributed by atoms with Crippen molar-refractivity contribution in [2.45, 2.75) is 0 Å². The number of hydrogen-bond acceptors (Lipinski definition) is 3. The van der Waals surface area contributed by atoms with Crippen LogP contribution in [0.15, 0.2) is 65.1 Å². The van der Waals surface area contributed by atoms with Gasteiger partial charge in [0.1, 0.15) is 11.6 Å². The molecule has 1 aliphatic rings. The molecule has 1 saturated heterocycles. The van der Waals surface area contributed by atoms with Crippen LogP contribution in [0.2, 0.25) is 5.02 Å². The Morgan fingerprint density at radius 3 is 2.00 bits per heavy atom. The van der Waals surface area contributed by atoms with Gasteiger partial charge < -0.3 is 14.2 Å². The summed E-state index contributed by atoms with van der Waals surface area (Å²) in [6.45, 7) is 1.73. The summed E-state index contributed by atoms with van der Waals surface area (Å²) in [5.41, 5.74) is 1.27. The highest BCUT2D eigenvalue weighted by Gasteiger charge is 2.27. The molecule has 0 unspecified atom stereocenters. The second-order valence-corrected chi connectivity index (χ2v) is 7.20. The number of piperazine rings is 1. The van der Waals surface area contributed by atoms with E-state index in [2.05, 4.69) is 0 Å². The van der Waals surface area contributed by atoms with Crippen LogP contribution in [0.3, 0.4) is 0 Å². The molecule has 0 aliphatic carbocycles. The third kappa shape index (κ3) is 4.17. The summed E-state index contributed by atoms with van der Waals surface area (Å²) in [6.07, 6.45) is 0. The van der Waals surface area contributed by atoms with Crippen LogP contribution in [-0.2, 0) is 0 Å². The molecule has 0 atom stereocenters. The summed E-state index contributed by atoms with van der Waals surface area (Å²) in [4.78, 5) is 28.7. The van der Waals surface area contributed by atoms with Gasteiger partial charge in [0.15, 0.2) is 5.76 Å². The van der Waals surface area contributed by atoms with E-state index in [1.807, 2.05) is 0 Å². The van der Waals surface area contributed by atoms with Gasteiger partial charge in [0.2, 0.25) is 0 Å². The first-order valence-electron chi connectivity index (χ1n) is 9.21. The molecule has 4 rings (SSSR count). The van der Waals surface area contributed by atoms with Crippen molar-refractivity contribution in [1.82, 2.24) is 9.80 Å². The van der Waals surface area contributed by atoms with E-state index in [1.54, 1.807) is 58.3 Å². The van der Waals surface area contributed by atoms with E-state index in [0.29, 0.717) is 48.1 Å². The number of hydrogen-bond donors (Lipinski definition) is 0. The Kier molecular flexibility index (Phi) is 5.36. The number of halogens is 2. The standard InChI is InChI=1S/C22H18ClFN2O3/c23-17-5-1-16(2-6-17)21(27)25-11-13-26(14-12-25)22(28)20-10-9-19(29-20)15-3-7-18(24)8-4-15/h1-10H,11-14H2. The van der Waals surface area contributed by atoms with Crippen LogP contribution in [-0.4, -0.2) is 47.8 Å². The predicted molar refractivity (Wildman–Crippen MR) is 107 cm³/mol. The Morgan fingerprint density at radius 2 is 1.38 bits per heavy atom. The molecule has 0 N–H and O–H groups in total. The molecule has 1 fully saturated rings. The summed E-state index contributed by atoms with van der Waals surface area (Å²) >= 11 is 5.87. The average molecular weight is 413 g/mol. The molecular formula is C22H18ClFN2O3. The predicted octanol–water partition coefficient (Wildman–Crippen LogP) is 4.34. The fraction of sp³-hybridized carbons (Fsp3) is 0.182.